The molecule has 102 valence electrons. The standard InChI is InChI=1S/C16H33N/c1-2-3-4-5-6-7-8-9-10-11-12-16(15-17)13-14-16/h2-15,17H2,1H3. The van der Waals surface area contributed by atoms with Crippen molar-refractivity contribution in [3.8, 4) is 0 Å². The van der Waals surface area contributed by atoms with E-state index in [4.69, 9.17) is 5.73 Å². The van der Waals surface area contributed by atoms with Crippen molar-refractivity contribution in [2.75, 3.05) is 6.54 Å². The van der Waals surface area contributed by atoms with E-state index in [9.17, 15) is 0 Å². The molecular formula is C16H33N. The summed E-state index contributed by atoms with van der Waals surface area (Å²) >= 11 is 0. The Morgan fingerprint density at radius 3 is 1.65 bits per heavy atom. The molecule has 0 aromatic heterocycles. The third kappa shape index (κ3) is 7.08. The van der Waals surface area contributed by atoms with Crippen LogP contribution < -0.4 is 5.73 Å². The zero-order chi connectivity index (χ0) is 12.4. The topological polar surface area (TPSA) is 26.0 Å². The molecule has 0 heterocycles. The highest BCUT2D eigenvalue weighted by Crippen LogP contribution is 2.48. The Morgan fingerprint density at radius 2 is 1.24 bits per heavy atom. The van der Waals surface area contributed by atoms with Gasteiger partial charge in [-0.3, -0.25) is 0 Å². The van der Waals surface area contributed by atoms with Gasteiger partial charge in [-0.2, -0.15) is 0 Å². The smallest absolute Gasteiger partial charge is 0.00205 e. The molecule has 1 aliphatic rings. The van der Waals surface area contributed by atoms with Crippen LogP contribution in [0.15, 0.2) is 0 Å². The molecule has 0 atom stereocenters. The predicted octanol–water partition coefficient (Wildman–Crippen LogP) is 5.04. The second-order valence-electron chi connectivity index (χ2n) is 6.14. The van der Waals surface area contributed by atoms with Crippen LogP contribution in [0.4, 0.5) is 0 Å². The number of unbranched alkanes of at least 4 members (excludes halogenated alkanes) is 9. The monoisotopic (exact) mass is 239 g/mol. The molecule has 1 aliphatic carbocycles. The molecule has 0 spiro atoms. The van der Waals surface area contributed by atoms with Gasteiger partial charge in [0.1, 0.15) is 0 Å². The molecule has 2 N–H and O–H groups in total. The molecule has 0 unspecified atom stereocenters. The molecular weight excluding hydrogens is 206 g/mol. The maximum atomic E-state index is 5.79. The quantitative estimate of drug-likeness (QED) is 0.475. The third-order valence-corrected chi connectivity index (χ3v) is 4.45. The van der Waals surface area contributed by atoms with Crippen LogP contribution >= 0.6 is 0 Å². The first kappa shape index (κ1) is 15.0. The van der Waals surface area contributed by atoms with Crippen molar-refractivity contribution in [2.24, 2.45) is 11.1 Å². The fourth-order valence-corrected chi connectivity index (χ4v) is 2.72. The van der Waals surface area contributed by atoms with Gasteiger partial charge in [-0.1, -0.05) is 71.1 Å². The van der Waals surface area contributed by atoms with E-state index in [1.54, 1.807) is 0 Å². The van der Waals surface area contributed by atoms with Crippen LogP contribution in [-0.2, 0) is 0 Å². The van der Waals surface area contributed by atoms with Gasteiger partial charge in [-0.15, -0.1) is 0 Å². The van der Waals surface area contributed by atoms with E-state index >= 15 is 0 Å². The van der Waals surface area contributed by atoms with Gasteiger partial charge < -0.3 is 5.73 Å². The summed E-state index contributed by atoms with van der Waals surface area (Å²) in [5, 5.41) is 0. The van der Waals surface area contributed by atoms with Crippen molar-refractivity contribution >= 4 is 0 Å². The van der Waals surface area contributed by atoms with Crippen molar-refractivity contribution < 1.29 is 0 Å². The summed E-state index contributed by atoms with van der Waals surface area (Å²) in [6, 6.07) is 0. The highest BCUT2D eigenvalue weighted by molar-refractivity contribution is 4.93. The van der Waals surface area contributed by atoms with Gasteiger partial charge in [-0.05, 0) is 31.2 Å². The summed E-state index contributed by atoms with van der Waals surface area (Å²) in [4.78, 5) is 0. The van der Waals surface area contributed by atoms with E-state index in [1.807, 2.05) is 0 Å². The fraction of sp³-hybridized carbons (Fsp3) is 1.00. The molecule has 0 bridgehead atoms. The molecule has 1 nitrogen and oxygen atoms in total. The Hall–Kier alpha value is -0.0400. The lowest BCUT2D eigenvalue weighted by atomic mass is 9.97. The summed E-state index contributed by atoms with van der Waals surface area (Å²) in [5.41, 5.74) is 6.40. The Morgan fingerprint density at radius 1 is 0.765 bits per heavy atom. The maximum absolute atomic E-state index is 5.79. The molecule has 17 heavy (non-hydrogen) atoms. The second kappa shape index (κ2) is 8.97. The van der Waals surface area contributed by atoms with Crippen LogP contribution in [0.5, 0.6) is 0 Å². The maximum Gasteiger partial charge on any atom is -0.00205 e. The van der Waals surface area contributed by atoms with E-state index < -0.39 is 0 Å². The minimum atomic E-state index is 0.611. The first-order chi connectivity index (χ1) is 8.33. The molecule has 1 heteroatoms. The van der Waals surface area contributed by atoms with Crippen molar-refractivity contribution in [1.29, 1.82) is 0 Å². The molecule has 1 saturated carbocycles. The third-order valence-electron chi connectivity index (χ3n) is 4.45. The molecule has 0 aromatic carbocycles. The molecule has 1 rings (SSSR count). The minimum Gasteiger partial charge on any atom is -0.330 e. The second-order valence-corrected chi connectivity index (χ2v) is 6.14. The molecule has 0 aromatic rings. The van der Waals surface area contributed by atoms with E-state index in [-0.39, 0.29) is 0 Å². The van der Waals surface area contributed by atoms with E-state index in [1.165, 1.54) is 83.5 Å². The SMILES string of the molecule is CCCCCCCCCCCCC1(CN)CC1. The lowest BCUT2D eigenvalue weighted by Gasteiger charge is -2.11. The molecule has 1 fully saturated rings. The number of hydrogen-bond donors (Lipinski definition) is 1. The van der Waals surface area contributed by atoms with Crippen LogP contribution in [-0.4, -0.2) is 6.54 Å². The fourth-order valence-electron chi connectivity index (χ4n) is 2.72. The van der Waals surface area contributed by atoms with Crippen molar-refractivity contribution in [2.45, 2.75) is 90.4 Å². The predicted molar refractivity (Wildman–Crippen MR) is 77.2 cm³/mol. The van der Waals surface area contributed by atoms with Crippen molar-refractivity contribution in [3.63, 3.8) is 0 Å². The molecule has 0 amide bonds. The van der Waals surface area contributed by atoms with Crippen molar-refractivity contribution in [1.82, 2.24) is 0 Å². The summed E-state index contributed by atoms with van der Waals surface area (Å²) in [5.74, 6) is 0. The minimum absolute atomic E-state index is 0.611. The Bertz CT molecular complexity index is 172. The summed E-state index contributed by atoms with van der Waals surface area (Å²) < 4.78 is 0. The number of nitrogens with two attached hydrogens (primary N) is 1. The lowest BCUT2D eigenvalue weighted by molar-refractivity contribution is 0.440. The zero-order valence-corrected chi connectivity index (χ0v) is 12.0. The van der Waals surface area contributed by atoms with Gasteiger partial charge in [0.15, 0.2) is 0 Å². The van der Waals surface area contributed by atoms with Crippen molar-refractivity contribution in [3.05, 3.63) is 0 Å². The number of rotatable bonds is 12. The van der Waals surface area contributed by atoms with Gasteiger partial charge in [-0.25, -0.2) is 0 Å². The number of hydrogen-bond acceptors (Lipinski definition) is 1. The molecule has 0 radical (unpaired) electrons. The highest BCUT2D eigenvalue weighted by Gasteiger charge is 2.39. The van der Waals surface area contributed by atoms with E-state index in [0.717, 1.165) is 6.54 Å². The van der Waals surface area contributed by atoms with E-state index in [2.05, 4.69) is 6.92 Å². The Kier molecular flexibility index (Phi) is 7.92. The van der Waals surface area contributed by atoms with Gasteiger partial charge >= 0.3 is 0 Å². The first-order valence-corrected chi connectivity index (χ1v) is 8.03. The molecule has 0 aliphatic heterocycles. The molecule has 0 saturated heterocycles. The largest absolute Gasteiger partial charge is 0.330 e. The van der Waals surface area contributed by atoms with E-state index in [0.29, 0.717) is 5.41 Å². The van der Waals surface area contributed by atoms with Crippen LogP contribution in [0.1, 0.15) is 90.4 Å². The normalized spacial score (nSPS) is 17.3. The van der Waals surface area contributed by atoms with Gasteiger partial charge in [0.2, 0.25) is 0 Å². The highest BCUT2D eigenvalue weighted by atomic mass is 14.6. The van der Waals surface area contributed by atoms with Gasteiger partial charge in [0, 0.05) is 0 Å². The average Bonchev–Trinajstić information content (AvgIpc) is 3.12. The lowest BCUT2D eigenvalue weighted by Crippen LogP contribution is -2.14. The van der Waals surface area contributed by atoms with Crippen LogP contribution in [0, 0.1) is 5.41 Å². The van der Waals surface area contributed by atoms with Gasteiger partial charge in [0.05, 0.1) is 0 Å². The summed E-state index contributed by atoms with van der Waals surface area (Å²) in [6.07, 6.45) is 18.6. The Balaban J connectivity index is 1.73. The van der Waals surface area contributed by atoms with Crippen LogP contribution in [0.25, 0.3) is 0 Å². The Labute approximate surface area is 109 Å². The van der Waals surface area contributed by atoms with Gasteiger partial charge in [0.25, 0.3) is 0 Å². The van der Waals surface area contributed by atoms with Crippen LogP contribution in [0.3, 0.4) is 0 Å². The summed E-state index contributed by atoms with van der Waals surface area (Å²) in [7, 11) is 0. The first-order valence-electron chi connectivity index (χ1n) is 8.03. The van der Waals surface area contributed by atoms with Crippen LogP contribution in [0.2, 0.25) is 0 Å². The average molecular weight is 239 g/mol. The zero-order valence-electron chi connectivity index (χ0n) is 12.0. The summed E-state index contributed by atoms with van der Waals surface area (Å²) in [6.45, 7) is 3.22.